The topological polar surface area (TPSA) is 46.2 Å². The summed E-state index contributed by atoms with van der Waals surface area (Å²) < 4.78 is 24.0. The highest BCUT2D eigenvalue weighted by molar-refractivity contribution is 7.91. The van der Waals surface area contributed by atoms with Crippen molar-refractivity contribution in [1.82, 2.24) is 5.32 Å². The average Bonchev–Trinajstić information content (AvgIpc) is 2.28. The molecule has 1 aromatic carbocycles. The van der Waals surface area contributed by atoms with Gasteiger partial charge in [-0.25, -0.2) is 8.42 Å². The van der Waals surface area contributed by atoms with Crippen molar-refractivity contribution in [3.05, 3.63) is 29.3 Å². The Morgan fingerprint density at radius 1 is 1.33 bits per heavy atom. The number of nitrogens with one attached hydrogen (secondary N) is 1. The van der Waals surface area contributed by atoms with Crippen molar-refractivity contribution in [2.24, 2.45) is 5.92 Å². The summed E-state index contributed by atoms with van der Waals surface area (Å²) in [5, 5.41) is 3.68. The first kappa shape index (κ1) is 15.5. The molecule has 0 saturated heterocycles. The minimum absolute atomic E-state index is 0.151. The quantitative estimate of drug-likeness (QED) is 0.785. The molecule has 0 radical (unpaired) electrons. The van der Waals surface area contributed by atoms with Crippen LogP contribution in [0.1, 0.15) is 20.3 Å². The van der Waals surface area contributed by atoms with Gasteiger partial charge < -0.3 is 5.32 Å². The van der Waals surface area contributed by atoms with Gasteiger partial charge in [0, 0.05) is 5.02 Å². The monoisotopic (exact) mass is 289 g/mol. The van der Waals surface area contributed by atoms with Crippen molar-refractivity contribution in [3.63, 3.8) is 0 Å². The number of halogens is 1. The largest absolute Gasteiger partial charge is 0.316 e. The van der Waals surface area contributed by atoms with Crippen LogP contribution < -0.4 is 5.32 Å². The number of rotatable bonds is 7. The Morgan fingerprint density at radius 2 is 2.06 bits per heavy atom. The Bertz CT molecular complexity index is 472. The zero-order valence-corrected chi connectivity index (χ0v) is 12.4. The highest BCUT2D eigenvalue weighted by atomic mass is 35.5. The summed E-state index contributed by atoms with van der Waals surface area (Å²) >= 11 is 5.79. The third kappa shape index (κ3) is 5.38. The van der Waals surface area contributed by atoms with Gasteiger partial charge in [-0.05, 0) is 43.6 Å². The van der Waals surface area contributed by atoms with Crippen LogP contribution in [-0.2, 0) is 9.84 Å². The van der Waals surface area contributed by atoms with E-state index in [2.05, 4.69) is 19.2 Å². The smallest absolute Gasteiger partial charge is 0.178 e. The molecule has 5 heteroatoms. The first-order chi connectivity index (χ1) is 8.42. The van der Waals surface area contributed by atoms with Crippen molar-refractivity contribution < 1.29 is 8.42 Å². The summed E-state index contributed by atoms with van der Waals surface area (Å²) in [6.45, 7) is 5.88. The third-order valence-corrected chi connectivity index (χ3v) is 4.51. The van der Waals surface area contributed by atoms with Gasteiger partial charge in [-0.3, -0.25) is 0 Å². The third-order valence-electron chi connectivity index (χ3n) is 2.47. The van der Waals surface area contributed by atoms with Gasteiger partial charge in [0.25, 0.3) is 0 Å². The molecule has 1 N–H and O–H groups in total. The molecule has 18 heavy (non-hydrogen) atoms. The van der Waals surface area contributed by atoms with Crippen molar-refractivity contribution in [2.75, 3.05) is 18.8 Å². The summed E-state index contributed by atoms with van der Waals surface area (Å²) in [6, 6.07) is 6.41. The lowest BCUT2D eigenvalue weighted by Gasteiger charge is -2.08. The van der Waals surface area contributed by atoms with Crippen molar-refractivity contribution >= 4 is 21.4 Å². The van der Waals surface area contributed by atoms with E-state index < -0.39 is 9.84 Å². The predicted molar refractivity (Wildman–Crippen MR) is 75.8 cm³/mol. The molecule has 0 unspecified atom stereocenters. The van der Waals surface area contributed by atoms with Crippen LogP contribution in [0.5, 0.6) is 0 Å². The molecule has 0 spiro atoms. The minimum atomic E-state index is -3.21. The maximum Gasteiger partial charge on any atom is 0.178 e. The number of hydrogen-bond acceptors (Lipinski definition) is 3. The van der Waals surface area contributed by atoms with Crippen molar-refractivity contribution in [2.45, 2.75) is 25.2 Å². The maximum absolute atomic E-state index is 12.0. The lowest BCUT2D eigenvalue weighted by atomic mass is 10.2. The van der Waals surface area contributed by atoms with Crippen LogP contribution >= 0.6 is 11.6 Å². The Hall–Kier alpha value is -0.580. The molecule has 0 aliphatic rings. The van der Waals surface area contributed by atoms with E-state index in [9.17, 15) is 8.42 Å². The predicted octanol–water partition coefficient (Wildman–Crippen LogP) is 2.75. The number of hydrogen-bond donors (Lipinski definition) is 1. The molecule has 0 heterocycles. The van der Waals surface area contributed by atoms with Gasteiger partial charge in [-0.15, -0.1) is 0 Å². The molecule has 0 bridgehead atoms. The van der Waals surface area contributed by atoms with E-state index in [0.29, 0.717) is 22.3 Å². The second-order valence-corrected chi connectivity index (χ2v) is 7.27. The summed E-state index contributed by atoms with van der Waals surface area (Å²) in [5.74, 6) is 0.730. The van der Waals surface area contributed by atoms with Crippen LogP contribution in [0.2, 0.25) is 5.02 Å². The van der Waals surface area contributed by atoms with Crippen LogP contribution in [0, 0.1) is 5.92 Å². The highest BCUT2D eigenvalue weighted by Crippen LogP contribution is 2.17. The standard InChI is InChI=1S/C13H20ClNO2S/c1-11(2)10-15-7-4-8-18(16,17)13-6-3-5-12(14)9-13/h3,5-6,9,11,15H,4,7-8,10H2,1-2H3. The SMILES string of the molecule is CC(C)CNCCCS(=O)(=O)c1cccc(Cl)c1. The average molecular weight is 290 g/mol. The minimum Gasteiger partial charge on any atom is -0.316 e. The van der Waals surface area contributed by atoms with Crippen LogP contribution in [0.3, 0.4) is 0 Å². The van der Waals surface area contributed by atoms with E-state index in [1.165, 1.54) is 6.07 Å². The molecule has 0 aliphatic carbocycles. The van der Waals surface area contributed by atoms with Gasteiger partial charge in [0.1, 0.15) is 0 Å². The zero-order chi connectivity index (χ0) is 13.6. The van der Waals surface area contributed by atoms with E-state index in [4.69, 9.17) is 11.6 Å². The summed E-state index contributed by atoms with van der Waals surface area (Å²) in [6.07, 6.45) is 0.613. The molecule has 0 aliphatic heterocycles. The van der Waals surface area contributed by atoms with Gasteiger partial charge in [-0.2, -0.15) is 0 Å². The van der Waals surface area contributed by atoms with Gasteiger partial charge in [0.15, 0.2) is 9.84 Å². The van der Waals surface area contributed by atoms with E-state index in [1.54, 1.807) is 18.2 Å². The highest BCUT2D eigenvalue weighted by Gasteiger charge is 2.13. The molecule has 0 atom stereocenters. The normalized spacial score (nSPS) is 12.0. The van der Waals surface area contributed by atoms with Crippen molar-refractivity contribution in [3.8, 4) is 0 Å². The fourth-order valence-electron chi connectivity index (χ4n) is 1.56. The van der Waals surface area contributed by atoms with E-state index >= 15 is 0 Å². The maximum atomic E-state index is 12.0. The Morgan fingerprint density at radius 3 is 2.67 bits per heavy atom. The molecule has 1 rings (SSSR count). The van der Waals surface area contributed by atoms with Crippen LogP contribution in [0.4, 0.5) is 0 Å². The van der Waals surface area contributed by atoms with E-state index in [-0.39, 0.29) is 5.75 Å². The Labute approximate surface area is 114 Å². The second-order valence-electron chi connectivity index (χ2n) is 4.73. The fourth-order valence-corrected chi connectivity index (χ4v) is 3.16. The molecule has 0 amide bonds. The summed E-state index contributed by atoms with van der Waals surface area (Å²) in [5.41, 5.74) is 0. The van der Waals surface area contributed by atoms with E-state index in [0.717, 1.165) is 13.1 Å². The molecular formula is C13H20ClNO2S. The molecule has 102 valence electrons. The molecule has 1 aromatic rings. The molecule has 3 nitrogen and oxygen atoms in total. The van der Waals surface area contributed by atoms with Gasteiger partial charge >= 0.3 is 0 Å². The van der Waals surface area contributed by atoms with Gasteiger partial charge in [-0.1, -0.05) is 31.5 Å². The van der Waals surface area contributed by atoms with Gasteiger partial charge in [0.05, 0.1) is 10.6 Å². The Kier molecular flexibility index (Phi) is 6.12. The lowest BCUT2D eigenvalue weighted by molar-refractivity contribution is 0.546. The van der Waals surface area contributed by atoms with E-state index in [1.807, 2.05) is 0 Å². The fraction of sp³-hybridized carbons (Fsp3) is 0.538. The first-order valence-electron chi connectivity index (χ1n) is 6.11. The van der Waals surface area contributed by atoms with Crippen LogP contribution in [-0.4, -0.2) is 27.3 Å². The zero-order valence-electron chi connectivity index (χ0n) is 10.8. The number of sulfone groups is 1. The molecule has 0 saturated carbocycles. The van der Waals surface area contributed by atoms with Gasteiger partial charge in [0.2, 0.25) is 0 Å². The lowest BCUT2D eigenvalue weighted by Crippen LogP contribution is -2.22. The first-order valence-corrected chi connectivity index (χ1v) is 8.14. The summed E-state index contributed by atoms with van der Waals surface area (Å²) in [4.78, 5) is 0.304. The molecule has 0 fully saturated rings. The number of benzene rings is 1. The molecule has 0 aromatic heterocycles. The molecular weight excluding hydrogens is 270 g/mol. The van der Waals surface area contributed by atoms with Crippen molar-refractivity contribution in [1.29, 1.82) is 0 Å². The second kappa shape index (κ2) is 7.12. The van der Waals surface area contributed by atoms with Crippen LogP contribution in [0.25, 0.3) is 0 Å². The van der Waals surface area contributed by atoms with Crippen LogP contribution in [0.15, 0.2) is 29.2 Å². The Balaban J connectivity index is 2.46. The summed E-state index contributed by atoms with van der Waals surface area (Å²) in [7, 11) is -3.21.